The molecule has 0 bridgehead atoms. The van der Waals surface area contributed by atoms with E-state index < -0.39 is 0 Å². The van der Waals surface area contributed by atoms with E-state index in [9.17, 15) is 4.79 Å². The van der Waals surface area contributed by atoms with Gasteiger partial charge in [0.15, 0.2) is 0 Å². The number of nitriles is 1. The third-order valence-electron chi connectivity index (χ3n) is 3.19. The number of carbonyl (C=O) groups excluding carboxylic acids is 1. The number of amides is 1. The van der Waals surface area contributed by atoms with Crippen molar-refractivity contribution in [3.63, 3.8) is 0 Å². The Hall–Kier alpha value is -2.65. The van der Waals surface area contributed by atoms with Gasteiger partial charge in [-0.3, -0.25) is 9.48 Å². The summed E-state index contributed by atoms with van der Waals surface area (Å²) in [6.07, 6.45) is 0. The van der Waals surface area contributed by atoms with Gasteiger partial charge in [-0.25, -0.2) is 0 Å². The standard InChI is InChI=1S/C15H12N4OS/c1-9-12-7-13(21-15(12)19(2)18-9)14(20)17-11-5-3-10(8-16)4-6-11/h3-7H,1-2H3,(H,17,20). The van der Waals surface area contributed by atoms with Crippen molar-refractivity contribution in [2.75, 3.05) is 5.32 Å². The molecule has 3 aromatic rings. The Balaban J connectivity index is 1.86. The Morgan fingerprint density at radius 1 is 1.38 bits per heavy atom. The van der Waals surface area contributed by atoms with Gasteiger partial charge in [-0.1, -0.05) is 0 Å². The van der Waals surface area contributed by atoms with Crippen LogP contribution in [-0.2, 0) is 7.05 Å². The van der Waals surface area contributed by atoms with Gasteiger partial charge in [0.05, 0.1) is 22.2 Å². The fourth-order valence-corrected chi connectivity index (χ4v) is 3.16. The molecule has 21 heavy (non-hydrogen) atoms. The SMILES string of the molecule is Cc1nn(C)c2sc(C(=O)Nc3ccc(C#N)cc3)cc12. The second-order valence-electron chi connectivity index (χ2n) is 4.68. The molecule has 2 aromatic heterocycles. The topological polar surface area (TPSA) is 70.7 Å². The minimum Gasteiger partial charge on any atom is -0.321 e. The molecule has 0 atom stereocenters. The number of anilines is 1. The molecule has 3 rings (SSSR count). The van der Waals surface area contributed by atoms with E-state index in [4.69, 9.17) is 5.26 Å². The van der Waals surface area contributed by atoms with Gasteiger partial charge in [-0.15, -0.1) is 11.3 Å². The monoisotopic (exact) mass is 296 g/mol. The Morgan fingerprint density at radius 3 is 2.71 bits per heavy atom. The minimum atomic E-state index is -0.152. The largest absolute Gasteiger partial charge is 0.321 e. The maximum Gasteiger partial charge on any atom is 0.265 e. The van der Waals surface area contributed by atoms with Crippen LogP contribution in [0.5, 0.6) is 0 Å². The molecule has 1 amide bonds. The molecule has 2 heterocycles. The van der Waals surface area contributed by atoms with E-state index in [1.165, 1.54) is 11.3 Å². The molecule has 0 fully saturated rings. The van der Waals surface area contributed by atoms with Crippen molar-refractivity contribution in [2.24, 2.45) is 7.05 Å². The smallest absolute Gasteiger partial charge is 0.265 e. The van der Waals surface area contributed by atoms with Gasteiger partial charge >= 0.3 is 0 Å². The zero-order valence-electron chi connectivity index (χ0n) is 11.5. The number of nitrogens with zero attached hydrogens (tertiary/aromatic N) is 3. The zero-order valence-corrected chi connectivity index (χ0v) is 12.4. The summed E-state index contributed by atoms with van der Waals surface area (Å²) in [5, 5.41) is 16.9. The quantitative estimate of drug-likeness (QED) is 0.790. The molecule has 5 nitrogen and oxygen atoms in total. The Kier molecular flexibility index (Phi) is 3.20. The van der Waals surface area contributed by atoms with Crippen LogP contribution in [0.3, 0.4) is 0 Å². The summed E-state index contributed by atoms with van der Waals surface area (Å²) in [5.41, 5.74) is 2.16. The number of rotatable bonds is 2. The second kappa shape index (κ2) is 5.04. The van der Waals surface area contributed by atoms with Crippen LogP contribution >= 0.6 is 11.3 Å². The lowest BCUT2D eigenvalue weighted by Gasteiger charge is -2.03. The average Bonchev–Trinajstić information content (AvgIpc) is 3.02. The van der Waals surface area contributed by atoms with E-state index in [1.807, 2.05) is 26.1 Å². The predicted molar refractivity (Wildman–Crippen MR) is 82.4 cm³/mol. The zero-order chi connectivity index (χ0) is 15.0. The number of hydrogen-bond donors (Lipinski definition) is 1. The van der Waals surface area contributed by atoms with Crippen molar-refractivity contribution in [3.8, 4) is 6.07 Å². The van der Waals surface area contributed by atoms with E-state index in [1.54, 1.807) is 28.9 Å². The van der Waals surface area contributed by atoms with E-state index >= 15 is 0 Å². The highest BCUT2D eigenvalue weighted by Gasteiger charge is 2.15. The highest BCUT2D eigenvalue weighted by atomic mass is 32.1. The normalized spacial score (nSPS) is 10.5. The number of hydrogen-bond acceptors (Lipinski definition) is 4. The first kappa shape index (κ1) is 13.3. The van der Waals surface area contributed by atoms with Crippen molar-refractivity contribution in [2.45, 2.75) is 6.92 Å². The fraction of sp³-hybridized carbons (Fsp3) is 0.133. The molecular weight excluding hydrogens is 284 g/mol. The molecule has 0 spiro atoms. The Bertz CT molecular complexity index is 833. The molecule has 0 unspecified atom stereocenters. The highest BCUT2D eigenvalue weighted by Crippen LogP contribution is 2.28. The van der Waals surface area contributed by atoms with Crippen molar-refractivity contribution in [3.05, 3.63) is 46.5 Å². The van der Waals surface area contributed by atoms with Gasteiger partial charge in [-0.05, 0) is 37.3 Å². The van der Waals surface area contributed by atoms with Gasteiger partial charge in [0.2, 0.25) is 0 Å². The second-order valence-corrected chi connectivity index (χ2v) is 5.71. The maximum absolute atomic E-state index is 12.3. The molecule has 6 heteroatoms. The van der Waals surface area contributed by atoms with Crippen LogP contribution < -0.4 is 5.32 Å². The van der Waals surface area contributed by atoms with Crippen LogP contribution in [0.15, 0.2) is 30.3 Å². The highest BCUT2D eigenvalue weighted by molar-refractivity contribution is 7.20. The minimum absolute atomic E-state index is 0.152. The van der Waals surface area contributed by atoms with Gasteiger partial charge < -0.3 is 5.32 Å². The van der Waals surface area contributed by atoms with Crippen molar-refractivity contribution < 1.29 is 4.79 Å². The van der Waals surface area contributed by atoms with Crippen molar-refractivity contribution in [1.82, 2.24) is 9.78 Å². The van der Waals surface area contributed by atoms with Gasteiger partial charge in [-0.2, -0.15) is 10.4 Å². The fourth-order valence-electron chi connectivity index (χ4n) is 2.14. The summed E-state index contributed by atoms with van der Waals surface area (Å²) in [4.78, 5) is 13.9. The van der Waals surface area contributed by atoms with Gasteiger partial charge in [0, 0.05) is 18.1 Å². The number of thiophene rings is 1. The van der Waals surface area contributed by atoms with E-state index in [-0.39, 0.29) is 5.91 Å². The first-order chi connectivity index (χ1) is 10.1. The molecular formula is C15H12N4OS. The van der Waals surface area contributed by atoms with Crippen molar-refractivity contribution >= 4 is 33.1 Å². The van der Waals surface area contributed by atoms with Crippen LogP contribution in [0, 0.1) is 18.3 Å². The van der Waals surface area contributed by atoms with Crippen LogP contribution in [0.4, 0.5) is 5.69 Å². The number of carbonyl (C=O) groups is 1. The molecule has 1 N–H and O–H groups in total. The van der Waals surface area contributed by atoms with Crippen LogP contribution in [0.1, 0.15) is 20.9 Å². The van der Waals surface area contributed by atoms with Crippen LogP contribution in [0.25, 0.3) is 10.2 Å². The number of nitrogens with one attached hydrogen (secondary N) is 1. The molecule has 104 valence electrons. The summed E-state index contributed by atoms with van der Waals surface area (Å²) in [7, 11) is 1.87. The number of aromatic nitrogens is 2. The van der Waals surface area contributed by atoms with Crippen molar-refractivity contribution in [1.29, 1.82) is 5.26 Å². The summed E-state index contributed by atoms with van der Waals surface area (Å²) in [5.74, 6) is -0.152. The molecule has 0 aliphatic heterocycles. The molecule has 0 saturated carbocycles. The number of aryl methyl sites for hydroxylation is 2. The molecule has 0 radical (unpaired) electrons. The summed E-state index contributed by atoms with van der Waals surface area (Å²) >= 11 is 1.42. The van der Waals surface area contributed by atoms with Crippen LogP contribution in [-0.4, -0.2) is 15.7 Å². The van der Waals surface area contributed by atoms with E-state index in [2.05, 4.69) is 10.4 Å². The molecule has 1 aromatic carbocycles. The number of fused-ring (bicyclic) bond motifs is 1. The lowest BCUT2D eigenvalue weighted by molar-refractivity contribution is 0.103. The summed E-state index contributed by atoms with van der Waals surface area (Å²) in [6, 6.07) is 10.7. The molecule has 0 aliphatic carbocycles. The van der Waals surface area contributed by atoms with E-state index in [0.717, 1.165) is 15.9 Å². The summed E-state index contributed by atoms with van der Waals surface area (Å²) < 4.78 is 1.79. The van der Waals surface area contributed by atoms with Gasteiger partial charge in [0.1, 0.15) is 4.83 Å². The average molecular weight is 296 g/mol. The van der Waals surface area contributed by atoms with Gasteiger partial charge in [0.25, 0.3) is 5.91 Å². The third kappa shape index (κ3) is 2.39. The first-order valence-corrected chi connectivity index (χ1v) is 7.15. The summed E-state index contributed by atoms with van der Waals surface area (Å²) in [6.45, 7) is 1.93. The Labute approximate surface area is 125 Å². The van der Waals surface area contributed by atoms with Crippen LogP contribution in [0.2, 0.25) is 0 Å². The maximum atomic E-state index is 12.3. The molecule has 0 aliphatic rings. The lowest BCUT2D eigenvalue weighted by atomic mass is 10.2. The van der Waals surface area contributed by atoms with E-state index in [0.29, 0.717) is 16.1 Å². The number of benzene rings is 1. The first-order valence-electron chi connectivity index (χ1n) is 6.33. The lowest BCUT2D eigenvalue weighted by Crippen LogP contribution is -2.09. The predicted octanol–water partition coefficient (Wildman–Crippen LogP) is 3.07. The molecule has 0 saturated heterocycles. The Morgan fingerprint density at radius 2 is 2.10 bits per heavy atom. The third-order valence-corrected chi connectivity index (χ3v) is 4.39.